The number of aromatic nitrogens is 1. The minimum absolute atomic E-state index is 0.153. The molecule has 0 spiro atoms. The van der Waals surface area contributed by atoms with Crippen LogP contribution < -0.4 is 4.72 Å². The van der Waals surface area contributed by atoms with Gasteiger partial charge in [0.25, 0.3) is 10.0 Å². The summed E-state index contributed by atoms with van der Waals surface area (Å²) in [6.07, 6.45) is 1.59. The zero-order valence-corrected chi connectivity index (χ0v) is 17.1. The van der Waals surface area contributed by atoms with Crippen molar-refractivity contribution in [2.45, 2.75) is 11.1 Å². The molecule has 0 fully saturated rings. The molecule has 0 amide bonds. The van der Waals surface area contributed by atoms with Crippen LogP contribution >= 0.6 is 22.9 Å². The second-order valence-corrected chi connectivity index (χ2v) is 9.77. The average Bonchev–Trinajstić information content (AvgIpc) is 3.32. The van der Waals surface area contributed by atoms with E-state index in [1.807, 2.05) is 37.3 Å². The summed E-state index contributed by atoms with van der Waals surface area (Å²) in [7, 11) is -3.70. The molecule has 28 heavy (non-hydrogen) atoms. The fourth-order valence-corrected chi connectivity index (χ4v) is 5.16. The van der Waals surface area contributed by atoms with Gasteiger partial charge in [0.1, 0.15) is 16.2 Å². The fraction of sp³-hybridized carbons (Fsp3) is 0.0500. The third kappa shape index (κ3) is 3.96. The summed E-state index contributed by atoms with van der Waals surface area (Å²) >= 11 is 6.84. The Morgan fingerprint density at radius 2 is 1.82 bits per heavy atom. The summed E-state index contributed by atoms with van der Waals surface area (Å²) in [5, 5.41) is 0. The van der Waals surface area contributed by atoms with Crippen LogP contribution in [0.15, 0.2) is 75.6 Å². The predicted octanol–water partition coefficient (Wildman–Crippen LogP) is 5.83. The zero-order valence-electron chi connectivity index (χ0n) is 14.7. The van der Waals surface area contributed by atoms with Crippen LogP contribution in [0, 0.1) is 6.92 Å². The quantitative estimate of drug-likeness (QED) is 0.432. The van der Waals surface area contributed by atoms with Gasteiger partial charge in [-0.1, -0.05) is 47.5 Å². The zero-order chi connectivity index (χ0) is 19.7. The Hall–Kier alpha value is -2.61. The Labute approximate surface area is 171 Å². The van der Waals surface area contributed by atoms with Gasteiger partial charge in [-0.15, -0.1) is 11.3 Å². The number of halogens is 1. The first-order chi connectivity index (χ1) is 13.4. The average molecular weight is 431 g/mol. The minimum atomic E-state index is -3.70. The first-order valence-electron chi connectivity index (χ1n) is 8.32. The highest BCUT2D eigenvalue weighted by Crippen LogP contribution is 2.29. The molecule has 0 unspecified atom stereocenters. The van der Waals surface area contributed by atoms with E-state index in [2.05, 4.69) is 9.71 Å². The molecule has 4 rings (SSSR count). The van der Waals surface area contributed by atoms with Gasteiger partial charge >= 0.3 is 0 Å². The van der Waals surface area contributed by atoms with Crippen LogP contribution in [-0.4, -0.2) is 13.4 Å². The summed E-state index contributed by atoms with van der Waals surface area (Å²) < 4.78 is 33.7. The normalized spacial score (nSPS) is 11.5. The highest BCUT2D eigenvalue weighted by Gasteiger charge is 2.17. The Bertz CT molecular complexity index is 1230. The number of rotatable bonds is 5. The molecule has 2 heterocycles. The molecule has 1 N–H and O–H groups in total. The summed E-state index contributed by atoms with van der Waals surface area (Å²) in [4.78, 5) is 4.52. The minimum Gasteiger partial charge on any atom is -0.444 e. The van der Waals surface area contributed by atoms with E-state index < -0.39 is 10.0 Å². The number of benzene rings is 2. The molecular weight excluding hydrogens is 416 g/mol. The molecule has 0 radical (unpaired) electrons. The molecule has 0 atom stereocenters. The van der Waals surface area contributed by atoms with Gasteiger partial charge in [-0.05, 0) is 37.3 Å². The third-order valence-electron chi connectivity index (χ3n) is 4.03. The highest BCUT2D eigenvalue weighted by molar-refractivity contribution is 7.94. The van der Waals surface area contributed by atoms with Crippen molar-refractivity contribution in [3.63, 3.8) is 0 Å². The van der Waals surface area contributed by atoms with E-state index in [0.29, 0.717) is 27.2 Å². The smallest absolute Gasteiger partial charge is 0.271 e. The van der Waals surface area contributed by atoms with E-state index in [-0.39, 0.29) is 4.21 Å². The lowest BCUT2D eigenvalue weighted by Gasteiger charge is -2.07. The van der Waals surface area contributed by atoms with Gasteiger partial charge in [-0.2, -0.15) is 0 Å². The van der Waals surface area contributed by atoms with Crippen molar-refractivity contribution in [3.05, 3.63) is 76.8 Å². The molecule has 0 aliphatic rings. The van der Waals surface area contributed by atoms with E-state index in [0.717, 1.165) is 16.9 Å². The molecular formula is C20H15ClN2O3S2. The van der Waals surface area contributed by atoms with E-state index in [1.165, 1.54) is 11.6 Å². The number of thiophene rings is 1. The molecule has 0 saturated carbocycles. The molecule has 0 aliphatic heterocycles. The highest BCUT2D eigenvalue weighted by atomic mass is 35.5. The van der Waals surface area contributed by atoms with Gasteiger partial charge in [0.15, 0.2) is 0 Å². The number of hydrogen-bond acceptors (Lipinski definition) is 5. The molecule has 5 nitrogen and oxygen atoms in total. The second-order valence-electron chi connectivity index (χ2n) is 6.15. The number of aryl methyl sites for hydroxylation is 1. The molecule has 4 aromatic rings. The van der Waals surface area contributed by atoms with Crippen LogP contribution in [0.4, 0.5) is 5.69 Å². The van der Waals surface area contributed by atoms with Gasteiger partial charge < -0.3 is 4.42 Å². The molecule has 2 aromatic carbocycles. The Morgan fingerprint density at radius 3 is 2.54 bits per heavy atom. The number of anilines is 1. The van der Waals surface area contributed by atoms with Gasteiger partial charge in [-0.25, -0.2) is 13.4 Å². The molecule has 0 saturated heterocycles. The molecule has 2 aromatic heterocycles. The lowest BCUT2D eigenvalue weighted by Crippen LogP contribution is -2.11. The molecule has 0 aliphatic carbocycles. The third-order valence-corrected chi connectivity index (χ3v) is 7.13. The molecule has 0 bridgehead atoms. The van der Waals surface area contributed by atoms with Crippen molar-refractivity contribution in [2.24, 2.45) is 0 Å². The maximum absolute atomic E-state index is 12.5. The number of hydrogen-bond donors (Lipinski definition) is 1. The number of oxazole rings is 1. The first kappa shape index (κ1) is 18.7. The van der Waals surface area contributed by atoms with Crippen LogP contribution in [0.5, 0.6) is 0 Å². The number of sulfonamides is 1. The van der Waals surface area contributed by atoms with Crippen LogP contribution in [0.25, 0.3) is 22.7 Å². The van der Waals surface area contributed by atoms with Crippen molar-refractivity contribution in [3.8, 4) is 22.7 Å². The van der Waals surface area contributed by atoms with Gasteiger partial charge in [0.2, 0.25) is 5.89 Å². The lowest BCUT2D eigenvalue weighted by atomic mass is 10.1. The first-order valence-corrected chi connectivity index (χ1v) is 11.0. The van der Waals surface area contributed by atoms with E-state index >= 15 is 0 Å². The summed E-state index contributed by atoms with van der Waals surface area (Å²) in [5.74, 6) is 0.413. The van der Waals surface area contributed by atoms with Crippen molar-refractivity contribution in [1.82, 2.24) is 4.98 Å². The monoisotopic (exact) mass is 430 g/mol. The largest absolute Gasteiger partial charge is 0.444 e. The standard InChI is InChI=1S/C20H15ClN2O3S2/c1-13-5-7-14(8-6-13)17-12-26-20(22-17)15-3-2-4-16(11-15)23-28(24,25)19-10-9-18(21)27-19/h2-12,23H,1H3. The van der Waals surface area contributed by atoms with Gasteiger partial charge in [0, 0.05) is 16.8 Å². The van der Waals surface area contributed by atoms with Crippen molar-refractivity contribution < 1.29 is 12.8 Å². The summed E-state index contributed by atoms with van der Waals surface area (Å²) in [6.45, 7) is 2.02. The maximum atomic E-state index is 12.5. The topological polar surface area (TPSA) is 72.2 Å². The summed E-state index contributed by atoms with van der Waals surface area (Å²) in [5.41, 5.74) is 3.92. The van der Waals surface area contributed by atoms with Gasteiger partial charge in [-0.3, -0.25) is 4.72 Å². The van der Waals surface area contributed by atoms with Crippen molar-refractivity contribution in [1.29, 1.82) is 0 Å². The van der Waals surface area contributed by atoms with Crippen LogP contribution in [0.1, 0.15) is 5.56 Å². The van der Waals surface area contributed by atoms with Crippen molar-refractivity contribution in [2.75, 3.05) is 4.72 Å². The molecule has 142 valence electrons. The Kier molecular flexibility index (Phi) is 4.97. The van der Waals surface area contributed by atoms with Gasteiger partial charge in [0.05, 0.1) is 4.34 Å². The number of nitrogens with one attached hydrogen (secondary N) is 1. The van der Waals surface area contributed by atoms with E-state index in [9.17, 15) is 8.42 Å². The fourth-order valence-electron chi connectivity index (χ4n) is 2.63. The molecule has 8 heteroatoms. The summed E-state index contributed by atoms with van der Waals surface area (Å²) in [6, 6.07) is 17.9. The van der Waals surface area contributed by atoms with Crippen LogP contribution in [0.3, 0.4) is 0 Å². The second kappa shape index (κ2) is 7.43. The predicted molar refractivity (Wildman–Crippen MR) is 112 cm³/mol. The van der Waals surface area contributed by atoms with E-state index in [4.69, 9.17) is 16.0 Å². The Morgan fingerprint density at radius 1 is 1.04 bits per heavy atom. The number of nitrogens with zero attached hydrogens (tertiary/aromatic N) is 1. The lowest BCUT2D eigenvalue weighted by molar-refractivity contribution is 0.575. The van der Waals surface area contributed by atoms with Crippen LogP contribution in [0.2, 0.25) is 4.34 Å². The Balaban J connectivity index is 1.60. The SMILES string of the molecule is Cc1ccc(-c2coc(-c3cccc(NS(=O)(=O)c4ccc(Cl)s4)c3)n2)cc1. The van der Waals surface area contributed by atoms with Crippen LogP contribution in [-0.2, 0) is 10.0 Å². The van der Waals surface area contributed by atoms with Crippen molar-refractivity contribution >= 4 is 38.6 Å². The maximum Gasteiger partial charge on any atom is 0.271 e. The van der Waals surface area contributed by atoms with E-state index in [1.54, 1.807) is 30.5 Å².